The molecule has 19 heavy (non-hydrogen) atoms. The van der Waals surface area contributed by atoms with Gasteiger partial charge in [0.2, 0.25) is 0 Å². The molecule has 1 aromatic rings. The molecule has 1 aliphatic rings. The molecule has 0 saturated carbocycles. The fraction of sp³-hybridized carbons (Fsp3) is 0.643. The molecule has 5 heteroatoms. The Morgan fingerprint density at radius 3 is 2.89 bits per heavy atom. The molecule has 0 spiro atoms. The number of rotatable bonds is 4. The van der Waals surface area contributed by atoms with Gasteiger partial charge in [0.25, 0.3) is 0 Å². The largest absolute Gasteiger partial charge is 0.393 e. The lowest BCUT2D eigenvalue weighted by atomic mass is 9.96. The van der Waals surface area contributed by atoms with Crippen molar-refractivity contribution in [2.75, 3.05) is 19.7 Å². The van der Waals surface area contributed by atoms with Crippen LogP contribution >= 0.6 is 11.3 Å². The van der Waals surface area contributed by atoms with Gasteiger partial charge in [-0.1, -0.05) is 0 Å². The van der Waals surface area contributed by atoms with Crippen LogP contribution in [0.25, 0.3) is 0 Å². The summed E-state index contributed by atoms with van der Waals surface area (Å²) in [5, 5.41) is 21.3. The van der Waals surface area contributed by atoms with Crippen molar-refractivity contribution in [3.63, 3.8) is 0 Å². The summed E-state index contributed by atoms with van der Waals surface area (Å²) in [6, 6.07) is 1.95. The second kappa shape index (κ2) is 6.13. The third-order valence-corrected chi connectivity index (χ3v) is 4.79. The summed E-state index contributed by atoms with van der Waals surface area (Å²) in [4.78, 5) is 14.3. The minimum Gasteiger partial charge on any atom is -0.393 e. The maximum Gasteiger partial charge on any atom is 0.169 e. The van der Waals surface area contributed by atoms with Crippen LogP contribution in [0.15, 0.2) is 11.4 Å². The number of carbonyl (C=O) groups excluding carboxylic acids is 1. The first-order chi connectivity index (χ1) is 9.02. The fourth-order valence-corrected chi connectivity index (χ4v) is 3.26. The van der Waals surface area contributed by atoms with E-state index in [0.29, 0.717) is 12.8 Å². The van der Waals surface area contributed by atoms with Crippen LogP contribution in [-0.2, 0) is 6.54 Å². The topological polar surface area (TPSA) is 60.8 Å². The van der Waals surface area contributed by atoms with Gasteiger partial charge in [0.15, 0.2) is 5.78 Å². The summed E-state index contributed by atoms with van der Waals surface area (Å²) in [6.45, 7) is 3.94. The first-order valence-electron chi connectivity index (χ1n) is 6.66. The van der Waals surface area contributed by atoms with E-state index in [4.69, 9.17) is 0 Å². The van der Waals surface area contributed by atoms with Gasteiger partial charge in [-0.2, -0.15) is 0 Å². The standard InChI is InChI=1S/C14H21NO3S/c1-11(17)13-7-12(9-19-13)8-15-5-2-3-14(18,10-16)4-6-15/h7,9,16,18H,2-6,8,10H2,1H3/t14-/m1/s1. The van der Waals surface area contributed by atoms with Crippen LogP contribution in [0.2, 0.25) is 0 Å². The van der Waals surface area contributed by atoms with Crippen LogP contribution in [0, 0.1) is 0 Å². The second-order valence-electron chi connectivity index (χ2n) is 5.39. The number of thiophene rings is 1. The molecular formula is C14H21NO3S. The van der Waals surface area contributed by atoms with Gasteiger partial charge in [-0.25, -0.2) is 0 Å². The Kier molecular flexibility index (Phi) is 4.73. The van der Waals surface area contributed by atoms with E-state index in [1.54, 1.807) is 6.92 Å². The van der Waals surface area contributed by atoms with E-state index in [9.17, 15) is 15.0 Å². The highest BCUT2D eigenvalue weighted by molar-refractivity contribution is 7.12. The Labute approximate surface area is 117 Å². The third kappa shape index (κ3) is 3.86. The van der Waals surface area contributed by atoms with Gasteiger partial charge in [0, 0.05) is 13.1 Å². The lowest BCUT2D eigenvalue weighted by molar-refractivity contribution is -0.0255. The van der Waals surface area contributed by atoms with Crippen molar-refractivity contribution in [2.24, 2.45) is 0 Å². The molecule has 1 atom stereocenters. The molecule has 0 unspecified atom stereocenters. The highest BCUT2D eigenvalue weighted by Crippen LogP contribution is 2.24. The van der Waals surface area contributed by atoms with Crippen molar-refractivity contribution in [3.8, 4) is 0 Å². The average Bonchev–Trinajstić information content (AvgIpc) is 2.76. The van der Waals surface area contributed by atoms with Gasteiger partial charge in [-0.3, -0.25) is 9.69 Å². The minimum absolute atomic E-state index is 0.113. The van der Waals surface area contributed by atoms with Crippen molar-refractivity contribution >= 4 is 17.1 Å². The summed E-state index contributed by atoms with van der Waals surface area (Å²) >= 11 is 1.49. The number of hydrogen-bond donors (Lipinski definition) is 2. The molecule has 2 rings (SSSR count). The Balaban J connectivity index is 1.94. The number of likely N-dealkylation sites (tertiary alicyclic amines) is 1. The first-order valence-corrected chi connectivity index (χ1v) is 7.54. The van der Waals surface area contributed by atoms with Crippen LogP contribution in [0.3, 0.4) is 0 Å². The van der Waals surface area contributed by atoms with Gasteiger partial charge in [-0.05, 0) is 49.7 Å². The number of carbonyl (C=O) groups is 1. The van der Waals surface area contributed by atoms with Crippen molar-refractivity contribution in [3.05, 3.63) is 21.9 Å². The van der Waals surface area contributed by atoms with Crippen molar-refractivity contribution < 1.29 is 15.0 Å². The number of Topliss-reactive ketones (excluding diaryl/α,β-unsaturated/α-hetero) is 1. The molecule has 106 valence electrons. The molecule has 1 saturated heterocycles. The number of nitrogens with zero attached hydrogens (tertiary/aromatic N) is 1. The molecule has 0 amide bonds. The fourth-order valence-electron chi connectivity index (χ4n) is 2.45. The summed E-state index contributed by atoms with van der Waals surface area (Å²) in [6.07, 6.45) is 2.15. The molecule has 0 bridgehead atoms. The Morgan fingerprint density at radius 2 is 2.26 bits per heavy atom. The lowest BCUT2D eigenvalue weighted by Gasteiger charge is -2.24. The van der Waals surface area contributed by atoms with Crippen LogP contribution < -0.4 is 0 Å². The zero-order chi connectivity index (χ0) is 13.9. The molecule has 1 fully saturated rings. The SMILES string of the molecule is CC(=O)c1cc(CN2CCC[C@](O)(CO)CC2)cs1. The summed E-state index contributed by atoms with van der Waals surface area (Å²) < 4.78 is 0. The van der Waals surface area contributed by atoms with E-state index in [0.717, 1.165) is 36.5 Å². The predicted octanol–water partition coefficient (Wildman–Crippen LogP) is 1.66. The van der Waals surface area contributed by atoms with Crippen molar-refractivity contribution in [2.45, 2.75) is 38.3 Å². The van der Waals surface area contributed by atoms with Crippen LogP contribution in [0.5, 0.6) is 0 Å². The number of aliphatic hydroxyl groups excluding tert-OH is 1. The van der Waals surface area contributed by atoms with Crippen LogP contribution in [0.1, 0.15) is 41.4 Å². The summed E-state index contributed by atoms with van der Waals surface area (Å²) in [5.41, 5.74) is 0.248. The molecule has 2 N–H and O–H groups in total. The van der Waals surface area contributed by atoms with Crippen molar-refractivity contribution in [1.29, 1.82) is 0 Å². The van der Waals surface area contributed by atoms with Gasteiger partial charge < -0.3 is 10.2 Å². The third-order valence-electron chi connectivity index (χ3n) is 3.71. The normalized spacial score (nSPS) is 25.2. The van der Waals surface area contributed by atoms with Crippen LogP contribution in [-0.4, -0.2) is 46.2 Å². The zero-order valence-corrected chi connectivity index (χ0v) is 12.1. The van der Waals surface area contributed by atoms with E-state index in [2.05, 4.69) is 4.90 Å². The lowest BCUT2D eigenvalue weighted by Crippen LogP contribution is -2.34. The summed E-state index contributed by atoms with van der Waals surface area (Å²) in [5.74, 6) is 0.113. The molecular weight excluding hydrogens is 262 g/mol. The molecule has 2 heterocycles. The van der Waals surface area contributed by atoms with Crippen LogP contribution in [0.4, 0.5) is 0 Å². The molecule has 1 aliphatic heterocycles. The van der Waals surface area contributed by atoms with E-state index < -0.39 is 5.60 Å². The van der Waals surface area contributed by atoms with Gasteiger partial charge in [-0.15, -0.1) is 11.3 Å². The highest BCUT2D eigenvalue weighted by atomic mass is 32.1. The average molecular weight is 283 g/mol. The zero-order valence-electron chi connectivity index (χ0n) is 11.3. The Morgan fingerprint density at radius 1 is 1.47 bits per heavy atom. The quantitative estimate of drug-likeness (QED) is 0.825. The molecule has 1 aromatic heterocycles. The number of ketones is 1. The highest BCUT2D eigenvalue weighted by Gasteiger charge is 2.29. The Bertz CT molecular complexity index is 446. The van der Waals surface area contributed by atoms with Gasteiger partial charge in [0.1, 0.15) is 0 Å². The van der Waals surface area contributed by atoms with Gasteiger partial charge >= 0.3 is 0 Å². The summed E-state index contributed by atoms with van der Waals surface area (Å²) in [7, 11) is 0. The number of aliphatic hydroxyl groups is 2. The smallest absolute Gasteiger partial charge is 0.169 e. The maximum atomic E-state index is 11.3. The Hall–Kier alpha value is -0.750. The maximum absolute atomic E-state index is 11.3. The second-order valence-corrected chi connectivity index (χ2v) is 6.30. The molecule has 0 radical (unpaired) electrons. The van der Waals surface area contributed by atoms with Gasteiger partial charge in [0.05, 0.1) is 17.1 Å². The van der Waals surface area contributed by atoms with E-state index >= 15 is 0 Å². The molecule has 0 aromatic carbocycles. The van der Waals surface area contributed by atoms with E-state index in [-0.39, 0.29) is 12.4 Å². The monoisotopic (exact) mass is 283 g/mol. The molecule has 0 aliphatic carbocycles. The number of hydrogen-bond acceptors (Lipinski definition) is 5. The van der Waals surface area contributed by atoms with Crippen molar-refractivity contribution in [1.82, 2.24) is 4.90 Å². The van der Waals surface area contributed by atoms with E-state index in [1.807, 2.05) is 11.4 Å². The first kappa shape index (κ1) is 14.7. The predicted molar refractivity (Wildman–Crippen MR) is 75.5 cm³/mol. The van der Waals surface area contributed by atoms with E-state index in [1.165, 1.54) is 11.3 Å². The molecule has 4 nitrogen and oxygen atoms in total. The minimum atomic E-state index is -0.909.